The maximum Gasteiger partial charge on any atom is 1.00 e. The zero-order chi connectivity index (χ0) is 11.1. The molecule has 0 radical (unpaired) electrons. The molecule has 1 fully saturated rings. The predicted octanol–water partition coefficient (Wildman–Crippen LogP) is -1.52. The first-order chi connectivity index (χ1) is 7.02. The first-order valence-corrected chi connectivity index (χ1v) is 6.07. The van der Waals surface area contributed by atoms with E-state index in [4.69, 9.17) is 4.74 Å². The Morgan fingerprint density at radius 3 is 2.44 bits per heavy atom. The Balaban J connectivity index is 0.00000128. The van der Waals surface area contributed by atoms with E-state index in [0.29, 0.717) is 5.92 Å². The van der Waals surface area contributed by atoms with Gasteiger partial charge in [-0.2, -0.15) is 0 Å². The molecule has 0 saturated heterocycles. The van der Waals surface area contributed by atoms with Gasteiger partial charge in [0.05, 0.1) is 12.0 Å². The van der Waals surface area contributed by atoms with E-state index in [-0.39, 0.29) is 40.2 Å². The van der Waals surface area contributed by atoms with Crippen molar-refractivity contribution in [1.29, 1.82) is 0 Å². The van der Waals surface area contributed by atoms with Crippen molar-refractivity contribution >= 4 is 10.1 Å². The monoisotopic (exact) mass is 250 g/mol. The summed E-state index contributed by atoms with van der Waals surface area (Å²) in [5.41, 5.74) is 1.04. The van der Waals surface area contributed by atoms with Crippen molar-refractivity contribution in [1.82, 2.24) is 0 Å². The Morgan fingerprint density at radius 1 is 1.38 bits per heavy atom. The molecule has 1 aliphatic carbocycles. The average Bonchev–Trinajstić information content (AvgIpc) is 2.98. The summed E-state index contributed by atoms with van der Waals surface area (Å²) < 4.78 is 37.5. The molecule has 0 amide bonds. The Bertz CT molecular complexity index is 480. The summed E-state index contributed by atoms with van der Waals surface area (Å²) >= 11 is 0. The van der Waals surface area contributed by atoms with E-state index < -0.39 is 10.1 Å². The minimum Gasteiger partial charge on any atom is -0.744 e. The van der Waals surface area contributed by atoms with E-state index in [0.717, 1.165) is 18.4 Å². The molecule has 0 spiro atoms. The zero-order valence-corrected chi connectivity index (χ0v) is 12.1. The van der Waals surface area contributed by atoms with E-state index in [1.54, 1.807) is 12.1 Å². The molecule has 0 N–H and O–H groups in total. The van der Waals surface area contributed by atoms with Crippen molar-refractivity contribution in [3.63, 3.8) is 0 Å². The molecule has 82 valence electrons. The molecule has 1 aromatic carbocycles. The molecular weight excluding hydrogens is 239 g/mol. The van der Waals surface area contributed by atoms with E-state index in [9.17, 15) is 13.0 Å². The van der Waals surface area contributed by atoms with Gasteiger partial charge in [0.2, 0.25) is 0 Å². The third kappa shape index (κ3) is 2.99. The predicted molar refractivity (Wildman–Crippen MR) is 52.9 cm³/mol. The van der Waals surface area contributed by atoms with Crippen molar-refractivity contribution in [2.75, 3.05) is 7.11 Å². The van der Waals surface area contributed by atoms with Crippen molar-refractivity contribution in [3.8, 4) is 5.75 Å². The summed E-state index contributed by atoms with van der Waals surface area (Å²) in [7, 11) is -3.08. The van der Waals surface area contributed by atoms with Gasteiger partial charge >= 0.3 is 29.6 Å². The summed E-state index contributed by atoms with van der Waals surface area (Å²) in [5.74, 6) is 0.650. The Kier molecular flexibility index (Phi) is 4.42. The molecule has 16 heavy (non-hydrogen) atoms. The minimum atomic E-state index is -4.44. The van der Waals surface area contributed by atoms with E-state index in [1.165, 1.54) is 13.2 Å². The van der Waals surface area contributed by atoms with Crippen molar-refractivity contribution < 1.29 is 47.3 Å². The van der Waals surface area contributed by atoms with Crippen LogP contribution in [0.25, 0.3) is 0 Å². The average molecular weight is 250 g/mol. The fraction of sp³-hybridized carbons (Fsp3) is 0.400. The van der Waals surface area contributed by atoms with Gasteiger partial charge in [-0.05, 0) is 36.5 Å². The number of rotatable bonds is 3. The van der Waals surface area contributed by atoms with Crippen LogP contribution in [-0.2, 0) is 10.1 Å². The topological polar surface area (TPSA) is 66.4 Å². The quantitative estimate of drug-likeness (QED) is 0.483. The molecule has 0 aromatic heterocycles. The van der Waals surface area contributed by atoms with E-state index in [1.807, 2.05) is 0 Å². The number of hydrogen-bond donors (Lipinski definition) is 0. The van der Waals surface area contributed by atoms with Gasteiger partial charge in [0.1, 0.15) is 15.9 Å². The Hall–Kier alpha value is -0.0700. The van der Waals surface area contributed by atoms with Crippen LogP contribution in [0.15, 0.2) is 23.1 Å². The van der Waals surface area contributed by atoms with Gasteiger partial charge in [0.15, 0.2) is 0 Å². The van der Waals surface area contributed by atoms with Crippen LogP contribution < -0.4 is 34.3 Å². The summed E-state index contributed by atoms with van der Waals surface area (Å²) in [6.45, 7) is 0. The van der Waals surface area contributed by atoms with Crippen LogP contribution in [-0.4, -0.2) is 20.1 Å². The van der Waals surface area contributed by atoms with Crippen LogP contribution in [0.3, 0.4) is 0 Å². The maximum absolute atomic E-state index is 10.9. The van der Waals surface area contributed by atoms with Crippen LogP contribution in [0.2, 0.25) is 0 Å². The molecule has 0 atom stereocenters. The van der Waals surface area contributed by atoms with E-state index >= 15 is 0 Å². The first-order valence-electron chi connectivity index (χ1n) is 4.66. The van der Waals surface area contributed by atoms with E-state index in [2.05, 4.69) is 0 Å². The number of benzene rings is 1. The van der Waals surface area contributed by atoms with Crippen LogP contribution in [0.4, 0.5) is 0 Å². The van der Waals surface area contributed by atoms with Gasteiger partial charge in [0, 0.05) is 0 Å². The van der Waals surface area contributed by atoms with Crippen molar-refractivity contribution in [3.05, 3.63) is 23.8 Å². The molecule has 1 aliphatic rings. The number of hydrogen-bond acceptors (Lipinski definition) is 4. The third-order valence-corrected chi connectivity index (χ3v) is 3.38. The van der Waals surface area contributed by atoms with Gasteiger partial charge < -0.3 is 9.29 Å². The molecule has 0 heterocycles. The van der Waals surface area contributed by atoms with Gasteiger partial charge in [-0.3, -0.25) is 0 Å². The number of ether oxygens (including phenoxy) is 1. The van der Waals surface area contributed by atoms with Gasteiger partial charge in [-0.1, -0.05) is 6.07 Å². The molecule has 4 nitrogen and oxygen atoms in total. The molecule has 0 unspecified atom stereocenters. The molecule has 2 rings (SSSR count). The molecule has 0 aliphatic heterocycles. The summed E-state index contributed by atoms with van der Waals surface area (Å²) in [4.78, 5) is -0.283. The third-order valence-electron chi connectivity index (χ3n) is 2.51. The second-order valence-corrected chi connectivity index (χ2v) is 4.99. The van der Waals surface area contributed by atoms with Crippen LogP contribution in [0.1, 0.15) is 24.3 Å². The largest absolute Gasteiger partial charge is 1.00 e. The molecule has 1 aromatic rings. The minimum absolute atomic E-state index is 0. The first kappa shape index (κ1) is 14.0. The summed E-state index contributed by atoms with van der Waals surface area (Å²) in [6, 6.07) is 4.66. The Morgan fingerprint density at radius 2 is 2.00 bits per heavy atom. The Labute approximate surface area is 117 Å². The summed E-state index contributed by atoms with van der Waals surface area (Å²) in [6.07, 6.45) is 2.24. The maximum atomic E-state index is 10.9. The number of methoxy groups -OCH3 is 1. The smallest absolute Gasteiger partial charge is 0.744 e. The molecule has 0 bridgehead atoms. The standard InChI is InChI=1S/C10H12O4S.Na/c1-14-9-6-8(7-2-3-7)4-5-10(9)15(11,12)13;/h4-7H,2-3H2,1H3,(H,11,12,13);/q;+1/p-1. The fourth-order valence-corrected chi connectivity index (χ4v) is 2.18. The summed E-state index contributed by atoms with van der Waals surface area (Å²) in [5, 5.41) is 0. The fourth-order valence-electron chi connectivity index (χ4n) is 1.56. The molecule has 1 saturated carbocycles. The van der Waals surface area contributed by atoms with Crippen LogP contribution in [0, 0.1) is 0 Å². The second kappa shape index (κ2) is 5.06. The van der Waals surface area contributed by atoms with Crippen molar-refractivity contribution in [2.24, 2.45) is 0 Å². The van der Waals surface area contributed by atoms with Gasteiger partial charge in [0.25, 0.3) is 0 Å². The molecular formula is C10H11NaO4S. The zero-order valence-electron chi connectivity index (χ0n) is 9.26. The van der Waals surface area contributed by atoms with Crippen LogP contribution >= 0.6 is 0 Å². The normalized spacial score (nSPS) is 15.4. The van der Waals surface area contributed by atoms with Gasteiger partial charge in [-0.25, -0.2) is 8.42 Å². The molecule has 6 heteroatoms. The van der Waals surface area contributed by atoms with Crippen LogP contribution in [0.5, 0.6) is 5.75 Å². The SMILES string of the molecule is COc1cc(C2CC2)ccc1S(=O)(=O)[O-].[Na+]. The second-order valence-electron chi connectivity index (χ2n) is 3.64. The van der Waals surface area contributed by atoms with Crippen molar-refractivity contribution in [2.45, 2.75) is 23.7 Å². The van der Waals surface area contributed by atoms with Gasteiger partial charge in [-0.15, -0.1) is 0 Å².